The lowest BCUT2D eigenvalue weighted by Crippen LogP contribution is -2.33. The summed E-state index contributed by atoms with van der Waals surface area (Å²) in [7, 11) is 0. The Morgan fingerprint density at radius 3 is 1.86 bits per heavy atom. The molecule has 306 valence electrons. The summed E-state index contributed by atoms with van der Waals surface area (Å²) >= 11 is 0. The number of para-hydroxylation sites is 3. The molecular formula is C60H43NO3. The molecule has 3 aliphatic carbocycles. The van der Waals surface area contributed by atoms with Gasteiger partial charge in [-0.05, 0) is 105 Å². The van der Waals surface area contributed by atoms with Crippen molar-refractivity contribution in [1.82, 2.24) is 0 Å². The Kier molecular flexibility index (Phi) is 7.05. The molecule has 3 aromatic heterocycles. The monoisotopic (exact) mass is 825 g/mol. The minimum atomic E-state index is -0.175. The van der Waals surface area contributed by atoms with Gasteiger partial charge in [0.1, 0.15) is 22.3 Å². The van der Waals surface area contributed by atoms with Gasteiger partial charge in [0, 0.05) is 54.2 Å². The Morgan fingerprint density at radius 1 is 0.469 bits per heavy atom. The quantitative estimate of drug-likeness (QED) is 0.177. The molecule has 0 aliphatic heterocycles. The molecule has 0 fully saturated rings. The molecule has 3 aliphatic rings. The van der Waals surface area contributed by atoms with Crippen molar-refractivity contribution in [2.24, 2.45) is 0 Å². The third-order valence-electron chi connectivity index (χ3n) is 14.9. The molecule has 64 heavy (non-hydrogen) atoms. The fraction of sp³-hybridized carbons (Fsp3) is 0.133. The molecule has 4 heteroatoms. The lowest BCUT2D eigenvalue weighted by Gasteiger charge is -2.30. The van der Waals surface area contributed by atoms with Gasteiger partial charge in [-0.2, -0.15) is 0 Å². The van der Waals surface area contributed by atoms with E-state index in [1.165, 1.54) is 44.5 Å². The number of fused-ring (bicyclic) bond motifs is 15. The van der Waals surface area contributed by atoms with Crippen molar-refractivity contribution in [2.45, 2.75) is 51.4 Å². The van der Waals surface area contributed by atoms with Gasteiger partial charge in [0.2, 0.25) is 0 Å². The molecule has 11 aromatic rings. The van der Waals surface area contributed by atoms with Crippen molar-refractivity contribution in [1.29, 1.82) is 0 Å². The van der Waals surface area contributed by atoms with Gasteiger partial charge in [0.05, 0.1) is 11.4 Å². The van der Waals surface area contributed by atoms with E-state index in [0.29, 0.717) is 0 Å². The minimum absolute atomic E-state index is 0.158. The number of hydrogen-bond acceptors (Lipinski definition) is 4. The van der Waals surface area contributed by atoms with Crippen molar-refractivity contribution in [3.05, 3.63) is 191 Å². The molecule has 0 spiro atoms. The van der Waals surface area contributed by atoms with Gasteiger partial charge in [0.15, 0.2) is 11.0 Å². The zero-order valence-corrected chi connectivity index (χ0v) is 36.2. The van der Waals surface area contributed by atoms with E-state index in [2.05, 4.69) is 190 Å². The van der Waals surface area contributed by atoms with Crippen molar-refractivity contribution < 1.29 is 13.3 Å². The lowest BCUT2D eigenvalue weighted by atomic mass is 9.81. The molecule has 0 unspecified atom stereocenters. The van der Waals surface area contributed by atoms with E-state index in [0.717, 1.165) is 107 Å². The summed E-state index contributed by atoms with van der Waals surface area (Å²) in [5, 5.41) is 6.52. The number of furan rings is 3. The van der Waals surface area contributed by atoms with E-state index in [1.807, 2.05) is 6.07 Å². The zero-order valence-electron chi connectivity index (χ0n) is 36.2. The third kappa shape index (κ3) is 4.67. The summed E-state index contributed by atoms with van der Waals surface area (Å²) in [5.41, 5.74) is 20.8. The smallest absolute Gasteiger partial charge is 0.159 e. The summed E-state index contributed by atoms with van der Waals surface area (Å²) in [5.74, 6) is 0. The third-order valence-corrected chi connectivity index (χ3v) is 14.9. The number of anilines is 2. The second kappa shape index (κ2) is 12.5. The maximum absolute atomic E-state index is 7.55. The molecule has 0 atom stereocenters. The van der Waals surface area contributed by atoms with Crippen LogP contribution in [0.3, 0.4) is 0 Å². The van der Waals surface area contributed by atoms with Crippen LogP contribution in [0.1, 0.15) is 62.8 Å². The summed E-state index contributed by atoms with van der Waals surface area (Å²) in [4.78, 5) is 2.44. The van der Waals surface area contributed by atoms with Crippen molar-refractivity contribution in [3.8, 4) is 33.4 Å². The fourth-order valence-corrected chi connectivity index (χ4v) is 11.9. The molecule has 8 aromatic carbocycles. The number of rotatable bonds is 4. The summed E-state index contributed by atoms with van der Waals surface area (Å²) < 4.78 is 21.1. The van der Waals surface area contributed by atoms with E-state index in [1.54, 1.807) is 0 Å². The van der Waals surface area contributed by atoms with Crippen LogP contribution in [0.25, 0.3) is 100.0 Å². The first kappa shape index (κ1) is 36.0. The Morgan fingerprint density at radius 2 is 1.09 bits per heavy atom. The second-order valence-electron chi connectivity index (χ2n) is 19.1. The molecule has 0 bridgehead atoms. The molecule has 0 saturated heterocycles. The fourth-order valence-electron chi connectivity index (χ4n) is 11.9. The first-order valence-electron chi connectivity index (χ1n) is 22.6. The zero-order chi connectivity index (χ0) is 42.6. The Bertz CT molecular complexity index is 3980. The van der Waals surface area contributed by atoms with E-state index in [4.69, 9.17) is 13.3 Å². The van der Waals surface area contributed by atoms with Crippen LogP contribution >= 0.6 is 0 Å². The Hall–Kier alpha value is -7.56. The van der Waals surface area contributed by atoms with Crippen LogP contribution in [-0.2, 0) is 10.8 Å². The molecule has 0 saturated carbocycles. The SMILES string of the molecule is CC1(C)c2ccccc2-c2ccc(-c3c4oc5c(c4cc4oc6ccccc6c34)=CCCC=5N(c3ccc4c(c3)C(C)(C)c3ccccc3-4)c3cccc4c3oc3ccccc34)cc21. The van der Waals surface area contributed by atoms with Crippen LogP contribution in [0, 0.1) is 0 Å². The molecule has 14 rings (SSSR count). The largest absolute Gasteiger partial charge is 0.456 e. The van der Waals surface area contributed by atoms with E-state index < -0.39 is 0 Å². The maximum atomic E-state index is 7.55. The van der Waals surface area contributed by atoms with Crippen LogP contribution in [0.2, 0.25) is 0 Å². The Labute approximate surface area is 370 Å². The minimum Gasteiger partial charge on any atom is -0.456 e. The average Bonchev–Trinajstić information content (AvgIpc) is 4.10. The molecule has 0 radical (unpaired) electrons. The Balaban J connectivity index is 1.08. The van der Waals surface area contributed by atoms with Crippen molar-refractivity contribution in [2.75, 3.05) is 4.90 Å². The highest BCUT2D eigenvalue weighted by molar-refractivity contribution is 6.20. The highest BCUT2D eigenvalue weighted by atomic mass is 16.3. The van der Waals surface area contributed by atoms with Crippen LogP contribution in [0.5, 0.6) is 0 Å². The first-order chi connectivity index (χ1) is 31.3. The normalized spacial score (nSPS) is 15.4. The van der Waals surface area contributed by atoms with Gasteiger partial charge >= 0.3 is 0 Å². The average molecular weight is 826 g/mol. The van der Waals surface area contributed by atoms with Gasteiger partial charge in [-0.3, -0.25) is 0 Å². The number of benzene rings is 8. The molecular weight excluding hydrogens is 783 g/mol. The van der Waals surface area contributed by atoms with Crippen LogP contribution < -0.4 is 15.5 Å². The predicted molar refractivity (Wildman–Crippen MR) is 263 cm³/mol. The van der Waals surface area contributed by atoms with Gasteiger partial charge in [-0.1, -0.05) is 149 Å². The van der Waals surface area contributed by atoms with E-state index >= 15 is 0 Å². The van der Waals surface area contributed by atoms with Gasteiger partial charge < -0.3 is 18.2 Å². The molecule has 0 amide bonds. The summed E-state index contributed by atoms with van der Waals surface area (Å²) in [6.45, 7) is 9.41. The summed E-state index contributed by atoms with van der Waals surface area (Å²) in [6.07, 6.45) is 4.00. The van der Waals surface area contributed by atoms with Crippen molar-refractivity contribution >= 4 is 78.0 Å². The van der Waals surface area contributed by atoms with Crippen LogP contribution in [0.4, 0.5) is 11.4 Å². The van der Waals surface area contributed by atoms with Crippen LogP contribution in [0.15, 0.2) is 171 Å². The summed E-state index contributed by atoms with van der Waals surface area (Å²) in [6, 6.07) is 57.3. The highest BCUT2D eigenvalue weighted by Crippen LogP contribution is 2.53. The molecule has 0 N–H and O–H groups in total. The maximum Gasteiger partial charge on any atom is 0.159 e. The van der Waals surface area contributed by atoms with E-state index in [-0.39, 0.29) is 10.8 Å². The van der Waals surface area contributed by atoms with Gasteiger partial charge in [-0.25, -0.2) is 0 Å². The molecule has 4 nitrogen and oxygen atoms in total. The van der Waals surface area contributed by atoms with Gasteiger partial charge in [0.25, 0.3) is 0 Å². The topological polar surface area (TPSA) is 42.7 Å². The first-order valence-corrected chi connectivity index (χ1v) is 22.6. The van der Waals surface area contributed by atoms with Gasteiger partial charge in [-0.15, -0.1) is 0 Å². The molecule has 3 heterocycles. The number of hydrogen-bond donors (Lipinski definition) is 0. The van der Waals surface area contributed by atoms with Crippen LogP contribution in [-0.4, -0.2) is 0 Å². The highest BCUT2D eigenvalue weighted by Gasteiger charge is 2.38. The van der Waals surface area contributed by atoms with Crippen molar-refractivity contribution in [3.63, 3.8) is 0 Å². The predicted octanol–water partition coefficient (Wildman–Crippen LogP) is 15.0. The lowest BCUT2D eigenvalue weighted by molar-refractivity contribution is 0.567. The second-order valence-corrected chi connectivity index (χ2v) is 19.1. The standard InChI is InChI=1S/C60H43NO3/c1-59(2)45-21-9-5-15-36(45)38-29-27-34(31-47(38)59)54-55-43-18-8-12-26-52(43)62-53(55)33-44-42-20-14-24-50(57(42)64-58(44)54)61(49-23-13-19-41-40-17-7-11-25-51(40)63-56(41)49)35-28-30-39-37-16-6-10-22-46(37)60(3,4)48(39)32-35/h5-13,15-23,25-33H,14,24H2,1-4H3. The number of nitrogens with zero attached hydrogens (tertiary/aromatic N) is 1. The van der Waals surface area contributed by atoms with E-state index in [9.17, 15) is 0 Å².